The van der Waals surface area contributed by atoms with E-state index in [1.165, 1.54) is 21.7 Å². The number of aromatic nitrogens is 1. The molecule has 9 N–H and O–H groups in total. The number of H-pyrrole nitrogens is 1. The second kappa shape index (κ2) is 21.5. The molecule has 0 spiro atoms. The predicted octanol–water partition coefficient (Wildman–Crippen LogP) is 1.34. The minimum atomic E-state index is -5.91. The van der Waals surface area contributed by atoms with E-state index in [-0.39, 0.29) is 98.9 Å². The maximum absolute atomic E-state index is 14.6. The molecule has 5 atom stereocenters. The third kappa shape index (κ3) is 11.5. The van der Waals surface area contributed by atoms with Crippen LogP contribution in [0.25, 0.3) is 10.9 Å². The van der Waals surface area contributed by atoms with Gasteiger partial charge in [-0.1, -0.05) is 30.4 Å². The fourth-order valence-electron chi connectivity index (χ4n) is 9.49. The first-order valence-electron chi connectivity index (χ1n) is 23.2. The maximum atomic E-state index is 14.6. The molecule has 0 radical (unpaired) electrons. The number of fused-ring (bicyclic) bond motifs is 3. The number of hydrogen-bond acceptors (Lipinski definition) is 10. The van der Waals surface area contributed by atoms with Gasteiger partial charge in [0.25, 0.3) is 11.8 Å². The summed E-state index contributed by atoms with van der Waals surface area (Å²) in [7, 11) is -4.56. The molecule has 378 valence electrons. The number of aromatic amines is 1. The highest BCUT2D eigenvalue weighted by atomic mass is 31.2. The number of nitrogens with zero attached hydrogens (tertiary/aromatic N) is 3. The number of nitrogens with one attached hydrogen (secondary N) is 5. The lowest BCUT2D eigenvalue weighted by molar-refractivity contribution is -0.145. The molecule has 21 nitrogen and oxygen atoms in total. The van der Waals surface area contributed by atoms with Gasteiger partial charge in [0.15, 0.2) is 0 Å². The average molecular weight is 1010 g/mol. The summed E-state index contributed by atoms with van der Waals surface area (Å²) in [5, 5.41) is 9.99. The third-order valence-electron chi connectivity index (χ3n) is 13.3. The van der Waals surface area contributed by atoms with Crippen LogP contribution in [0, 0.1) is 11.8 Å². The number of imide groups is 1. The van der Waals surface area contributed by atoms with Gasteiger partial charge < -0.3 is 51.2 Å². The number of amides is 9. The first-order valence-corrected chi connectivity index (χ1v) is 24.8. The molecule has 1 unspecified atom stereocenters. The Hall–Kier alpha value is -7.02. The van der Waals surface area contributed by atoms with Crippen LogP contribution in [0.4, 0.5) is 8.78 Å². The summed E-state index contributed by atoms with van der Waals surface area (Å²) in [4.78, 5) is 143. The maximum Gasteiger partial charge on any atom is 0.399 e. The first-order chi connectivity index (χ1) is 33.7. The van der Waals surface area contributed by atoms with Crippen molar-refractivity contribution in [2.75, 3.05) is 20.1 Å². The second-order valence-electron chi connectivity index (χ2n) is 18.0. The SMILES string of the molecule is CNC(=O)[C@H](CCC(N)=O)NC(=O)[C@@H]1CC[C@@H]2CCN(C(=O)CCCCCC#Cc3cccc4c3CN(C3CCC(=O)NC3=O)C4=O)C[C@H](NC(=O)c3cc4cc(C(F)(F)P(=O)(O)O)ccc4[nH]3)C(=O)N21. The van der Waals surface area contributed by atoms with Gasteiger partial charge >= 0.3 is 13.3 Å². The monoisotopic (exact) mass is 1010 g/mol. The standard InChI is InChI=1S/C47H54F2N9O12P/c1-51-41(62)33(15-18-38(50)59)53-44(65)37-16-13-29-20-21-56(25-35(46(67)58(29)37)54-42(63)34-23-27-22-28(12-14-32(27)52-34)47(48,49)71(68,69)70)40(61)11-6-4-2-3-5-8-26-9-7-10-30-31(26)24-57(45(30)66)36-17-19-39(60)55-43(36)64/h7,9-10,12,14,22-23,29,33,35-37,52H,2-4,6,11,13,15-21,24-25H2,1H3,(H2,50,59)(H,51,62)(H,53,65)(H,54,63)(H,55,60,64)(H2,68,69,70)/t29-,33+,35+,36?,37+/m1/s1. The Kier molecular flexibility index (Phi) is 15.7. The van der Waals surface area contributed by atoms with Crippen LogP contribution in [-0.4, -0.2) is 133 Å². The molecule has 3 saturated heterocycles. The third-order valence-corrected chi connectivity index (χ3v) is 14.3. The number of carbonyl (C=O) groups excluding carboxylic acids is 9. The Labute approximate surface area is 405 Å². The quantitative estimate of drug-likeness (QED) is 0.0437. The molecule has 0 aliphatic carbocycles. The van der Waals surface area contributed by atoms with Gasteiger partial charge in [0.05, 0.1) is 0 Å². The van der Waals surface area contributed by atoms with Crippen molar-refractivity contribution in [1.82, 2.24) is 41.0 Å². The molecule has 4 aliphatic rings. The van der Waals surface area contributed by atoms with Gasteiger partial charge in [0.2, 0.25) is 41.4 Å². The number of primary amides is 1. The summed E-state index contributed by atoms with van der Waals surface area (Å²) in [6.45, 7) is 0.0217. The molecular weight excluding hydrogens is 952 g/mol. The number of piperidine rings is 1. The number of hydrogen-bond donors (Lipinski definition) is 8. The topological polar surface area (TPSA) is 311 Å². The number of likely N-dealkylation sites (N-methyl/N-ethyl adjacent to an activating group) is 1. The molecule has 9 amide bonds. The Morgan fingerprint density at radius 2 is 1.76 bits per heavy atom. The Morgan fingerprint density at radius 3 is 2.48 bits per heavy atom. The van der Waals surface area contributed by atoms with Gasteiger partial charge in [0.1, 0.15) is 29.9 Å². The summed E-state index contributed by atoms with van der Waals surface area (Å²) in [5.41, 5.74) is 1.53. The molecule has 7 rings (SSSR count). The molecule has 1 aromatic heterocycles. The largest absolute Gasteiger partial charge is 0.399 e. The lowest BCUT2D eigenvalue weighted by Crippen LogP contribution is -2.62. The van der Waals surface area contributed by atoms with E-state index in [2.05, 4.69) is 38.1 Å². The van der Waals surface area contributed by atoms with E-state index in [9.17, 15) is 66.3 Å². The molecule has 3 fully saturated rings. The first kappa shape index (κ1) is 51.8. The molecule has 4 aliphatic heterocycles. The molecule has 0 saturated carbocycles. The highest BCUT2D eigenvalue weighted by Gasteiger charge is 2.51. The van der Waals surface area contributed by atoms with E-state index in [4.69, 9.17) is 5.73 Å². The fraction of sp³-hybridized carbons (Fsp3) is 0.468. The molecule has 71 heavy (non-hydrogen) atoms. The number of halogens is 2. The molecule has 3 aromatic rings. The summed E-state index contributed by atoms with van der Waals surface area (Å²) in [6.07, 6.45) is 3.09. The van der Waals surface area contributed by atoms with Crippen LogP contribution in [0.3, 0.4) is 0 Å². The fourth-order valence-corrected chi connectivity index (χ4v) is 9.97. The van der Waals surface area contributed by atoms with E-state index >= 15 is 0 Å². The molecule has 0 bridgehead atoms. The van der Waals surface area contributed by atoms with E-state index in [1.54, 1.807) is 18.2 Å². The van der Waals surface area contributed by atoms with Crippen molar-refractivity contribution in [2.24, 2.45) is 5.73 Å². The van der Waals surface area contributed by atoms with Crippen LogP contribution < -0.4 is 27.0 Å². The predicted molar refractivity (Wildman–Crippen MR) is 247 cm³/mol. The minimum absolute atomic E-state index is 0.00401. The number of benzene rings is 2. The van der Waals surface area contributed by atoms with Crippen LogP contribution >= 0.6 is 7.60 Å². The molecule has 2 aromatic carbocycles. The number of carbonyl (C=O) groups is 9. The Morgan fingerprint density at radius 1 is 0.986 bits per heavy atom. The van der Waals surface area contributed by atoms with Crippen molar-refractivity contribution in [3.05, 3.63) is 70.4 Å². The van der Waals surface area contributed by atoms with E-state index in [1.807, 2.05) is 0 Å². The molecule has 24 heteroatoms. The van der Waals surface area contributed by atoms with Crippen LogP contribution in [-0.2, 0) is 50.3 Å². The van der Waals surface area contributed by atoms with Gasteiger partial charge in [-0.2, -0.15) is 8.78 Å². The normalized spacial score (nSPS) is 20.8. The molecule has 5 heterocycles. The van der Waals surface area contributed by atoms with Gasteiger partial charge in [-0.15, -0.1) is 0 Å². The van der Waals surface area contributed by atoms with Crippen LogP contribution in [0.2, 0.25) is 0 Å². The summed E-state index contributed by atoms with van der Waals surface area (Å²) in [5.74, 6) is 1.22. The number of unbranched alkanes of at least 4 members (excludes halogenated alkanes) is 3. The molecular formula is C47H54F2N9O12P. The van der Waals surface area contributed by atoms with Crippen molar-refractivity contribution in [2.45, 2.75) is 119 Å². The van der Waals surface area contributed by atoms with Crippen LogP contribution in [0.15, 0.2) is 42.5 Å². The Bertz CT molecular complexity index is 2790. The number of nitrogens with two attached hydrogens (primary N) is 1. The number of rotatable bonds is 16. The summed E-state index contributed by atoms with van der Waals surface area (Å²) >= 11 is 0. The van der Waals surface area contributed by atoms with Crippen molar-refractivity contribution in [3.63, 3.8) is 0 Å². The number of alkyl halides is 2. The minimum Gasteiger partial charge on any atom is -0.370 e. The van der Waals surface area contributed by atoms with Gasteiger partial charge in [-0.3, -0.25) is 53.0 Å². The van der Waals surface area contributed by atoms with Crippen LogP contribution in [0.1, 0.15) is 115 Å². The average Bonchev–Trinajstić information content (AvgIpc) is 4.05. The summed E-state index contributed by atoms with van der Waals surface area (Å²) < 4.78 is 40.7. The van der Waals surface area contributed by atoms with Gasteiger partial charge in [-0.25, -0.2) is 0 Å². The summed E-state index contributed by atoms with van der Waals surface area (Å²) in [6, 6.07) is 4.09. The van der Waals surface area contributed by atoms with E-state index < -0.39 is 84.5 Å². The highest BCUT2D eigenvalue weighted by molar-refractivity contribution is 7.52. The van der Waals surface area contributed by atoms with Crippen molar-refractivity contribution >= 4 is 71.7 Å². The van der Waals surface area contributed by atoms with Crippen molar-refractivity contribution in [1.29, 1.82) is 0 Å². The van der Waals surface area contributed by atoms with Crippen molar-refractivity contribution in [3.8, 4) is 11.8 Å². The zero-order valence-corrected chi connectivity index (χ0v) is 39.5. The smallest absolute Gasteiger partial charge is 0.370 e. The van der Waals surface area contributed by atoms with Crippen LogP contribution in [0.5, 0.6) is 0 Å². The lowest BCUT2D eigenvalue weighted by Gasteiger charge is -2.39. The van der Waals surface area contributed by atoms with E-state index in [0.29, 0.717) is 48.8 Å². The van der Waals surface area contributed by atoms with E-state index in [0.717, 1.165) is 24.3 Å². The van der Waals surface area contributed by atoms with Gasteiger partial charge in [0, 0.05) is 86.0 Å². The Balaban J connectivity index is 1.02. The highest BCUT2D eigenvalue weighted by Crippen LogP contribution is 2.59. The second-order valence-corrected chi connectivity index (χ2v) is 19.6. The van der Waals surface area contributed by atoms with Gasteiger partial charge in [-0.05, 0) is 80.8 Å². The van der Waals surface area contributed by atoms with Crippen molar-refractivity contribution < 1.29 is 66.3 Å². The lowest BCUT2D eigenvalue weighted by atomic mass is 10.0. The zero-order chi connectivity index (χ0) is 51.4. The zero-order valence-electron chi connectivity index (χ0n) is 38.6.